The van der Waals surface area contributed by atoms with Crippen LogP contribution in [0.5, 0.6) is 0 Å². The molecule has 0 spiro atoms. The molecule has 2 N–H and O–H groups in total. The monoisotopic (exact) mass is 310 g/mol. The van der Waals surface area contributed by atoms with Crippen LogP contribution in [-0.2, 0) is 4.79 Å². The zero-order valence-electron chi connectivity index (χ0n) is 12.7. The average Bonchev–Trinajstić information content (AvgIpc) is 2.87. The molecule has 1 heterocycles. The van der Waals surface area contributed by atoms with E-state index in [0.717, 1.165) is 19.3 Å². The van der Waals surface area contributed by atoms with E-state index in [2.05, 4.69) is 24.1 Å². The topological polar surface area (TPSA) is 79.3 Å². The maximum Gasteiger partial charge on any atom is 0.355 e. The smallest absolute Gasteiger partial charge is 0.355 e. The summed E-state index contributed by atoms with van der Waals surface area (Å²) in [6.45, 7) is 6.14. The number of thiazole rings is 1. The Labute approximate surface area is 128 Å². The van der Waals surface area contributed by atoms with Crippen LogP contribution in [0.25, 0.3) is 0 Å². The molecule has 2 rings (SSSR count). The number of aromatic carboxylic acids is 1. The van der Waals surface area contributed by atoms with Crippen molar-refractivity contribution >= 4 is 23.2 Å². The number of carbonyl (C=O) groups excluding carboxylic acids is 1. The van der Waals surface area contributed by atoms with Gasteiger partial charge in [0.1, 0.15) is 5.01 Å². The van der Waals surface area contributed by atoms with E-state index in [1.165, 1.54) is 23.1 Å². The molecular formula is C15H22N2O3S. The van der Waals surface area contributed by atoms with Crippen LogP contribution in [0, 0.1) is 11.3 Å². The molecule has 0 radical (unpaired) electrons. The summed E-state index contributed by atoms with van der Waals surface area (Å²) in [6, 6.07) is -0.256. The molecule has 1 aliphatic carbocycles. The molecule has 1 aliphatic rings. The summed E-state index contributed by atoms with van der Waals surface area (Å²) < 4.78 is 0. The molecule has 0 aliphatic heterocycles. The second-order valence-corrected chi connectivity index (χ2v) is 7.28. The molecule has 1 fully saturated rings. The summed E-state index contributed by atoms with van der Waals surface area (Å²) in [5, 5.41) is 14.0. The van der Waals surface area contributed by atoms with Gasteiger partial charge >= 0.3 is 5.97 Å². The van der Waals surface area contributed by atoms with E-state index < -0.39 is 5.97 Å². The quantitative estimate of drug-likeness (QED) is 0.895. The van der Waals surface area contributed by atoms with Crippen LogP contribution >= 0.6 is 11.3 Å². The van der Waals surface area contributed by atoms with E-state index in [4.69, 9.17) is 5.11 Å². The Bertz CT molecular complexity index is 539. The number of hydrogen-bond acceptors (Lipinski definition) is 4. The van der Waals surface area contributed by atoms with Crippen LogP contribution in [0.15, 0.2) is 5.38 Å². The Hall–Kier alpha value is -1.43. The van der Waals surface area contributed by atoms with Gasteiger partial charge in [-0.1, -0.05) is 26.7 Å². The molecule has 5 nitrogen and oxygen atoms in total. The largest absolute Gasteiger partial charge is 0.476 e. The van der Waals surface area contributed by atoms with Crippen molar-refractivity contribution < 1.29 is 14.7 Å². The molecule has 1 amide bonds. The fourth-order valence-electron chi connectivity index (χ4n) is 2.94. The first kappa shape index (κ1) is 15.9. The van der Waals surface area contributed by atoms with E-state index in [0.29, 0.717) is 5.01 Å². The molecule has 116 valence electrons. The fraction of sp³-hybridized carbons (Fsp3) is 0.667. The number of carbonyl (C=O) groups is 2. The first-order chi connectivity index (χ1) is 9.81. The maximum absolute atomic E-state index is 12.5. The number of nitrogens with one attached hydrogen (secondary N) is 1. The number of rotatable bonds is 4. The Morgan fingerprint density at radius 2 is 2.19 bits per heavy atom. The van der Waals surface area contributed by atoms with Crippen LogP contribution < -0.4 is 5.32 Å². The second-order valence-electron chi connectivity index (χ2n) is 6.39. The minimum atomic E-state index is -1.04. The second kappa shape index (κ2) is 6.13. The summed E-state index contributed by atoms with van der Waals surface area (Å²) in [5.74, 6) is -0.962. The van der Waals surface area contributed by atoms with Crippen molar-refractivity contribution in [3.63, 3.8) is 0 Å². The number of aromatic nitrogens is 1. The molecule has 2 atom stereocenters. The Balaban J connectivity index is 2.02. The van der Waals surface area contributed by atoms with Gasteiger partial charge in [-0.2, -0.15) is 0 Å². The summed E-state index contributed by atoms with van der Waals surface area (Å²) in [6.07, 6.45) is 4.26. The van der Waals surface area contributed by atoms with Crippen molar-refractivity contribution in [2.75, 3.05) is 0 Å². The first-order valence-electron chi connectivity index (χ1n) is 7.30. The van der Waals surface area contributed by atoms with E-state index in [9.17, 15) is 9.59 Å². The van der Waals surface area contributed by atoms with Crippen molar-refractivity contribution in [3.8, 4) is 0 Å². The van der Waals surface area contributed by atoms with Gasteiger partial charge in [-0.05, 0) is 25.2 Å². The van der Waals surface area contributed by atoms with Gasteiger partial charge in [0.05, 0.1) is 6.04 Å². The summed E-state index contributed by atoms with van der Waals surface area (Å²) in [4.78, 5) is 27.4. The lowest BCUT2D eigenvalue weighted by Gasteiger charge is -2.37. The highest BCUT2D eigenvalue weighted by atomic mass is 32.1. The van der Waals surface area contributed by atoms with Crippen LogP contribution in [0.2, 0.25) is 0 Å². The number of nitrogens with zero attached hydrogens (tertiary/aromatic N) is 1. The highest BCUT2D eigenvalue weighted by Gasteiger charge is 2.37. The zero-order chi connectivity index (χ0) is 15.6. The average molecular weight is 310 g/mol. The van der Waals surface area contributed by atoms with Gasteiger partial charge in [0, 0.05) is 11.3 Å². The molecule has 2 unspecified atom stereocenters. The van der Waals surface area contributed by atoms with Gasteiger partial charge in [0.15, 0.2) is 5.69 Å². The number of amides is 1. The molecular weight excluding hydrogens is 288 g/mol. The molecule has 1 aromatic rings. The normalized spacial score (nSPS) is 22.5. The highest BCUT2D eigenvalue weighted by molar-refractivity contribution is 7.09. The van der Waals surface area contributed by atoms with Crippen molar-refractivity contribution in [1.82, 2.24) is 10.3 Å². The third-order valence-electron chi connectivity index (χ3n) is 4.29. The SMILES string of the molecule is CC(NC(=O)C1CCCCC1(C)C)c1nc(C(=O)O)cs1. The standard InChI is InChI=1S/C15H22N2O3S/c1-9(13-17-11(8-21-13)14(19)20)16-12(18)10-6-4-5-7-15(10,2)3/h8-10H,4-7H2,1-3H3,(H,16,18)(H,19,20). The van der Waals surface area contributed by atoms with Gasteiger partial charge < -0.3 is 10.4 Å². The summed E-state index contributed by atoms with van der Waals surface area (Å²) in [7, 11) is 0. The minimum absolute atomic E-state index is 0.0209. The van der Waals surface area contributed by atoms with Gasteiger partial charge in [-0.25, -0.2) is 9.78 Å². The fourth-order valence-corrected chi connectivity index (χ4v) is 3.74. The van der Waals surface area contributed by atoms with E-state index >= 15 is 0 Å². The Morgan fingerprint density at radius 3 is 2.76 bits per heavy atom. The molecule has 0 aromatic carbocycles. The van der Waals surface area contributed by atoms with E-state index in [1.807, 2.05) is 6.92 Å². The molecule has 1 saturated carbocycles. The van der Waals surface area contributed by atoms with Gasteiger partial charge in [-0.3, -0.25) is 4.79 Å². The van der Waals surface area contributed by atoms with E-state index in [1.54, 1.807) is 0 Å². The lowest BCUT2D eigenvalue weighted by Crippen LogP contribution is -2.41. The molecule has 6 heteroatoms. The predicted molar refractivity (Wildman–Crippen MR) is 81.4 cm³/mol. The Kier molecular flexibility index (Phi) is 4.66. The van der Waals surface area contributed by atoms with Crippen molar-refractivity contribution in [3.05, 3.63) is 16.1 Å². The molecule has 1 aromatic heterocycles. The lowest BCUT2D eigenvalue weighted by molar-refractivity contribution is -0.130. The third-order valence-corrected chi connectivity index (χ3v) is 5.32. The van der Waals surface area contributed by atoms with E-state index in [-0.39, 0.29) is 29.0 Å². The lowest BCUT2D eigenvalue weighted by atomic mass is 9.68. The zero-order valence-corrected chi connectivity index (χ0v) is 13.5. The summed E-state index contributed by atoms with van der Waals surface area (Å²) >= 11 is 1.27. The molecule has 0 bridgehead atoms. The van der Waals surface area contributed by atoms with Crippen LogP contribution in [-0.4, -0.2) is 22.0 Å². The molecule has 0 saturated heterocycles. The number of carboxylic acid groups (broad SMARTS) is 1. The Morgan fingerprint density at radius 1 is 1.48 bits per heavy atom. The highest BCUT2D eigenvalue weighted by Crippen LogP contribution is 2.40. The minimum Gasteiger partial charge on any atom is -0.476 e. The van der Waals surface area contributed by atoms with Gasteiger partial charge in [-0.15, -0.1) is 11.3 Å². The first-order valence-corrected chi connectivity index (χ1v) is 8.18. The van der Waals surface area contributed by atoms with Crippen molar-refractivity contribution in [2.24, 2.45) is 11.3 Å². The van der Waals surface area contributed by atoms with Crippen LogP contribution in [0.3, 0.4) is 0 Å². The maximum atomic E-state index is 12.5. The van der Waals surface area contributed by atoms with Crippen molar-refractivity contribution in [1.29, 1.82) is 0 Å². The van der Waals surface area contributed by atoms with Crippen LogP contribution in [0.4, 0.5) is 0 Å². The number of carboxylic acids is 1. The predicted octanol–water partition coefficient (Wildman–Crippen LogP) is 3.23. The number of hydrogen-bond donors (Lipinski definition) is 2. The van der Waals surface area contributed by atoms with Gasteiger partial charge in [0.25, 0.3) is 0 Å². The van der Waals surface area contributed by atoms with Gasteiger partial charge in [0.2, 0.25) is 5.91 Å². The van der Waals surface area contributed by atoms with Crippen LogP contribution in [0.1, 0.15) is 68.0 Å². The summed E-state index contributed by atoms with van der Waals surface area (Å²) in [5.41, 5.74) is 0.0612. The van der Waals surface area contributed by atoms with Crippen molar-refractivity contribution in [2.45, 2.75) is 52.5 Å². The third kappa shape index (κ3) is 3.61. The molecule has 21 heavy (non-hydrogen) atoms.